The molecule has 0 aromatic carbocycles. The summed E-state index contributed by atoms with van der Waals surface area (Å²) in [6.45, 7) is 5.25. The predicted molar refractivity (Wildman–Crippen MR) is 59.4 cm³/mol. The van der Waals surface area contributed by atoms with Crippen LogP contribution in [0.15, 0.2) is 0 Å². The van der Waals surface area contributed by atoms with E-state index in [1.54, 1.807) is 0 Å². The number of Topliss-reactive ketones (excluding diaryl/α,β-unsaturated/α-hetero) is 1. The van der Waals surface area contributed by atoms with E-state index in [4.69, 9.17) is 0 Å². The van der Waals surface area contributed by atoms with Crippen molar-refractivity contribution in [3.63, 3.8) is 0 Å². The summed E-state index contributed by atoms with van der Waals surface area (Å²) in [4.78, 5) is 11.9. The second kappa shape index (κ2) is 5.50. The van der Waals surface area contributed by atoms with Crippen LogP contribution in [-0.2, 0) is 4.79 Å². The normalized spacial score (nSPS) is 27.6. The van der Waals surface area contributed by atoms with Gasteiger partial charge in [-0.15, -0.1) is 0 Å². The zero-order chi connectivity index (χ0) is 10.4. The van der Waals surface area contributed by atoms with Gasteiger partial charge in [0.15, 0.2) is 5.78 Å². The third kappa shape index (κ3) is 3.09. The fourth-order valence-electron chi connectivity index (χ4n) is 2.11. The maximum absolute atomic E-state index is 11.9. The molecule has 1 N–H and O–H groups in total. The number of rotatable bonds is 5. The highest BCUT2D eigenvalue weighted by atomic mass is 16.1. The van der Waals surface area contributed by atoms with Gasteiger partial charge in [-0.3, -0.25) is 4.79 Å². The third-order valence-electron chi connectivity index (χ3n) is 3.24. The van der Waals surface area contributed by atoms with Crippen LogP contribution in [-0.4, -0.2) is 17.9 Å². The molecule has 0 radical (unpaired) electrons. The largest absolute Gasteiger partial charge is 0.305 e. The molecule has 2 heteroatoms. The summed E-state index contributed by atoms with van der Waals surface area (Å²) in [6.07, 6.45) is 7.64. The molecule has 1 heterocycles. The lowest BCUT2D eigenvalue weighted by molar-refractivity contribution is -0.125. The molecule has 82 valence electrons. The summed E-state index contributed by atoms with van der Waals surface area (Å²) < 4.78 is 0. The summed E-state index contributed by atoms with van der Waals surface area (Å²) in [5.41, 5.74) is -0.202. The minimum Gasteiger partial charge on any atom is -0.305 e. The summed E-state index contributed by atoms with van der Waals surface area (Å²) in [5, 5.41) is 3.37. The van der Waals surface area contributed by atoms with Gasteiger partial charge < -0.3 is 5.32 Å². The van der Waals surface area contributed by atoms with Crippen LogP contribution >= 0.6 is 0 Å². The van der Waals surface area contributed by atoms with Crippen LogP contribution < -0.4 is 5.32 Å². The molecule has 0 aliphatic carbocycles. The minimum absolute atomic E-state index is 0.202. The topological polar surface area (TPSA) is 29.1 Å². The van der Waals surface area contributed by atoms with E-state index in [-0.39, 0.29) is 5.54 Å². The molecular formula is C12H23NO. The quantitative estimate of drug-likeness (QED) is 0.686. The summed E-state index contributed by atoms with van der Waals surface area (Å²) >= 11 is 0. The van der Waals surface area contributed by atoms with E-state index in [0.29, 0.717) is 5.78 Å². The molecule has 2 nitrogen and oxygen atoms in total. The molecule has 14 heavy (non-hydrogen) atoms. The standard InChI is InChI=1S/C12H23NO/c1-3-4-5-8-11(14)12(2)9-6-7-10-13-12/h13H,3-10H2,1-2H3. The molecule has 1 atom stereocenters. The smallest absolute Gasteiger partial charge is 0.152 e. The Morgan fingerprint density at radius 1 is 1.36 bits per heavy atom. The van der Waals surface area contributed by atoms with Crippen LogP contribution in [0.3, 0.4) is 0 Å². The molecular weight excluding hydrogens is 174 g/mol. The Bertz CT molecular complexity index is 183. The van der Waals surface area contributed by atoms with Crippen LogP contribution in [0.1, 0.15) is 58.8 Å². The van der Waals surface area contributed by atoms with E-state index < -0.39 is 0 Å². The number of carbonyl (C=O) groups excluding carboxylic acids is 1. The highest BCUT2D eigenvalue weighted by Crippen LogP contribution is 2.21. The Kier molecular flexibility index (Phi) is 4.59. The molecule has 0 saturated carbocycles. The van der Waals surface area contributed by atoms with Crippen molar-refractivity contribution in [2.45, 2.75) is 64.3 Å². The number of hydrogen-bond donors (Lipinski definition) is 1. The molecule has 1 unspecified atom stereocenters. The van der Waals surface area contributed by atoms with Crippen molar-refractivity contribution in [3.8, 4) is 0 Å². The fraction of sp³-hybridized carbons (Fsp3) is 0.917. The number of piperidine rings is 1. The van der Waals surface area contributed by atoms with Crippen molar-refractivity contribution >= 4 is 5.78 Å². The zero-order valence-electron chi connectivity index (χ0n) is 9.57. The molecule has 1 aliphatic heterocycles. The molecule has 1 fully saturated rings. The Morgan fingerprint density at radius 2 is 2.14 bits per heavy atom. The molecule has 1 aliphatic rings. The number of unbranched alkanes of at least 4 members (excludes halogenated alkanes) is 2. The number of nitrogens with one attached hydrogen (secondary N) is 1. The van der Waals surface area contributed by atoms with E-state index in [0.717, 1.165) is 25.8 Å². The van der Waals surface area contributed by atoms with Crippen molar-refractivity contribution in [2.75, 3.05) is 6.54 Å². The maximum Gasteiger partial charge on any atom is 0.152 e. The van der Waals surface area contributed by atoms with Crippen molar-refractivity contribution in [3.05, 3.63) is 0 Å². The zero-order valence-corrected chi connectivity index (χ0v) is 9.57. The SMILES string of the molecule is CCCCCC(=O)C1(C)CCCCN1. The van der Waals surface area contributed by atoms with Gasteiger partial charge in [0.05, 0.1) is 5.54 Å². The van der Waals surface area contributed by atoms with Gasteiger partial charge in [0.1, 0.15) is 0 Å². The van der Waals surface area contributed by atoms with Gasteiger partial charge in [-0.25, -0.2) is 0 Å². The number of ketones is 1. The lowest BCUT2D eigenvalue weighted by Crippen LogP contribution is -2.52. The fourth-order valence-corrected chi connectivity index (χ4v) is 2.11. The second-order valence-corrected chi connectivity index (χ2v) is 4.60. The van der Waals surface area contributed by atoms with Crippen LogP contribution in [0.2, 0.25) is 0 Å². The van der Waals surface area contributed by atoms with Crippen molar-refractivity contribution in [1.29, 1.82) is 0 Å². The molecule has 0 aromatic heterocycles. The Hall–Kier alpha value is -0.370. The van der Waals surface area contributed by atoms with Gasteiger partial charge in [0, 0.05) is 6.42 Å². The van der Waals surface area contributed by atoms with Gasteiger partial charge in [0.2, 0.25) is 0 Å². The first kappa shape index (κ1) is 11.7. The summed E-state index contributed by atoms with van der Waals surface area (Å²) in [7, 11) is 0. The highest BCUT2D eigenvalue weighted by Gasteiger charge is 2.32. The van der Waals surface area contributed by atoms with Crippen LogP contribution in [0.5, 0.6) is 0 Å². The van der Waals surface area contributed by atoms with Gasteiger partial charge >= 0.3 is 0 Å². The van der Waals surface area contributed by atoms with Crippen LogP contribution in [0, 0.1) is 0 Å². The first-order valence-electron chi connectivity index (χ1n) is 5.97. The van der Waals surface area contributed by atoms with E-state index in [1.165, 1.54) is 25.7 Å². The maximum atomic E-state index is 11.9. The molecule has 0 spiro atoms. The Labute approximate surface area is 87.5 Å². The van der Waals surface area contributed by atoms with E-state index >= 15 is 0 Å². The Morgan fingerprint density at radius 3 is 2.71 bits per heavy atom. The lowest BCUT2D eigenvalue weighted by Gasteiger charge is -2.33. The molecule has 1 rings (SSSR count). The number of hydrogen-bond acceptors (Lipinski definition) is 2. The van der Waals surface area contributed by atoms with Gasteiger partial charge in [-0.2, -0.15) is 0 Å². The van der Waals surface area contributed by atoms with Gasteiger partial charge in [-0.05, 0) is 39.2 Å². The summed E-state index contributed by atoms with van der Waals surface area (Å²) in [5.74, 6) is 0.422. The predicted octanol–water partition coefficient (Wildman–Crippen LogP) is 2.67. The van der Waals surface area contributed by atoms with Crippen molar-refractivity contribution in [1.82, 2.24) is 5.32 Å². The van der Waals surface area contributed by atoms with Gasteiger partial charge in [0.25, 0.3) is 0 Å². The second-order valence-electron chi connectivity index (χ2n) is 4.60. The van der Waals surface area contributed by atoms with Crippen molar-refractivity contribution < 1.29 is 4.79 Å². The van der Waals surface area contributed by atoms with Crippen molar-refractivity contribution in [2.24, 2.45) is 0 Å². The minimum atomic E-state index is -0.202. The molecule has 0 amide bonds. The molecule has 0 bridgehead atoms. The monoisotopic (exact) mass is 197 g/mol. The molecule has 0 aromatic rings. The van der Waals surface area contributed by atoms with Crippen LogP contribution in [0.4, 0.5) is 0 Å². The first-order valence-corrected chi connectivity index (χ1v) is 5.97. The third-order valence-corrected chi connectivity index (χ3v) is 3.24. The van der Waals surface area contributed by atoms with E-state index in [2.05, 4.69) is 19.2 Å². The van der Waals surface area contributed by atoms with Gasteiger partial charge in [-0.1, -0.05) is 19.8 Å². The average molecular weight is 197 g/mol. The van der Waals surface area contributed by atoms with E-state index in [1.807, 2.05) is 0 Å². The summed E-state index contributed by atoms with van der Waals surface area (Å²) in [6, 6.07) is 0. The first-order chi connectivity index (χ1) is 6.69. The lowest BCUT2D eigenvalue weighted by atomic mass is 9.85. The van der Waals surface area contributed by atoms with Crippen LogP contribution in [0.25, 0.3) is 0 Å². The molecule has 1 saturated heterocycles. The highest BCUT2D eigenvalue weighted by molar-refractivity contribution is 5.88. The van der Waals surface area contributed by atoms with E-state index in [9.17, 15) is 4.79 Å². The average Bonchev–Trinajstić information content (AvgIpc) is 2.19. The Balaban J connectivity index is 2.33. The number of carbonyl (C=O) groups is 1.